The lowest BCUT2D eigenvalue weighted by atomic mass is 10.1. The van der Waals surface area contributed by atoms with Gasteiger partial charge in [0.05, 0.1) is 30.0 Å². The third-order valence-electron chi connectivity index (χ3n) is 5.87. The standard InChI is InChI=1S/C25H25FN4O3S/c1-27-25(31)18-4-2-3-17-22(18)29-24(19-7-14-34-23(17)19)28-21-15-16(5-6-20(21)26)33-13-10-30-8-11-32-12-9-30/h2-7,14-15H,8-13H2,1H3,(H,27,31)(H,28,29). The highest BCUT2D eigenvalue weighted by Gasteiger charge is 2.17. The molecule has 9 heteroatoms. The molecule has 2 aromatic carbocycles. The molecule has 4 aromatic rings. The van der Waals surface area contributed by atoms with Crippen LogP contribution in [-0.4, -0.2) is 62.3 Å². The molecule has 2 N–H and O–H groups in total. The van der Waals surface area contributed by atoms with Gasteiger partial charge in [-0.15, -0.1) is 11.3 Å². The quantitative estimate of drug-likeness (QED) is 0.408. The number of ether oxygens (including phenoxy) is 2. The Bertz CT molecular complexity index is 1340. The highest BCUT2D eigenvalue weighted by atomic mass is 32.1. The molecule has 0 bridgehead atoms. The third kappa shape index (κ3) is 4.54. The number of amides is 1. The molecule has 0 aliphatic carbocycles. The van der Waals surface area contributed by atoms with E-state index < -0.39 is 5.82 Å². The molecule has 34 heavy (non-hydrogen) atoms. The Kier molecular flexibility index (Phi) is 6.57. The number of carbonyl (C=O) groups is 1. The molecule has 0 radical (unpaired) electrons. The molecule has 2 aromatic heterocycles. The molecule has 1 aliphatic rings. The molecule has 3 heterocycles. The summed E-state index contributed by atoms with van der Waals surface area (Å²) in [6.45, 7) is 4.55. The molecule has 5 rings (SSSR count). The average molecular weight is 481 g/mol. The van der Waals surface area contributed by atoms with Crippen LogP contribution in [0.1, 0.15) is 10.4 Å². The minimum Gasteiger partial charge on any atom is -0.492 e. The number of rotatable bonds is 7. The van der Waals surface area contributed by atoms with Crippen molar-refractivity contribution in [3.8, 4) is 5.75 Å². The zero-order valence-corrected chi connectivity index (χ0v) is 19.6. The van der Waals surface area contributed by atoms with Gasteiger partial charge in [-0.25, -0.2) is 9.37 Å². The molecule has 1 aliphatic heterocycles. The highest BCUT2D eigenvalue weighted by molar-refractivity contribution is 7.18. The van der Waals surface area contributed by atoms with Crippen molar-refractivity contribution in [1.29, 1.82) is 0 Å². The van der Waals surface area contributed by atoms with Gasteiger partial charge in [0.25, 0.3) is 5.91 Å². The van der Waals surface area contributed by atoms with Gasteiger partial charge in [0.2, 0.25) is 0 Å². The van der Waals surface area contributed by atoms with Crippen LogP contribution >= 0.6 is 11.3 Å². The number of aromatic nitrogens is 1. The van der Waals surface area contributed by atoms with Crippen LogP contribution in [0.4, 0.5) is 15.9 Å². The monoisotopic (exact) mass is 480 g/mol. The molecule has 7 nitrogen and oxygen atoms in total. The number of hydrogen-bond acceptors (Lipinski definition) is 7. The minimum atomic E-state index is -0.412. The maximum atomic E-state index is 14.7. The third-order valence-corrected chi connectivity index (χ3v) is 6.81. The van der Waals surface area contributed by atoms with Crippen molar-refractivity contribution in [2.45, 2.75) is 0 Å². The van der Waals surface area contributed by atoms with E-state index >= 15 is 0 Å². The van der Waals surface area contributed by atoms with Crippen molar-refractivity contribution >= 4 is 49.7 Å². The molecule has 0 saturated carbocycles. The fraction of sp³-hybridized carbons (Fsp3) is 0.280. The summed E-state index contributed by atoms with van der Waals surface area (Å²) in [6, 6.07) is 12.1. The average Bonchev–Trinajstić information content (AvgIpc) is 3.37. The second-order valence-corrected chi connectivity index (χ2v) is 8.89. The van der Waals surface area contributed by atoms with E-state index in [1.54, 1.807) is 36.6 Å². The van der Waals surface area contributed by atoms with E-state index in [0.29, 0.717) is 29.3 Å². The van der Waals surface area contributed by atoms with Crippen molar-refractivity contribution in [3.05, 3.63) is 59.2 Å². The van der Waals surface area contributed by atoms with E-state index in [9.17, 15) is 9.18 Å². The minimum absolute atomic E-state index is 0.221. The van der Waals surface area contributed by atoms with Gasteiger partial charge in [-0.2, -0.15) is 0 Å². The summed E-state index contributed by atoms with van der Waals surface area (Å²) in [5, 5.41) is 9.52. The zero-order valence-electron chi connectivity index (χ0n) is 18.8. The van der Waals surface area contributed by atoms with Crippen LogP contribution < -0.4 is 15.4 Å². The lowest BCUT2D eigenvalue weighted by Gasteiger charge is -2.26. The van der Waals surface area contributed by atoms with E-state index in [0.717, 1.165) is 48.3 Å². The first-order chi connectivity index (χ1) is 16.6. The molecule has 1 saturated heterocycles. The summed E-state index contributed by atoms with van der Waals surface area (Å²) in [7, 11) is 1.59. The number of carbonyl (C=O) groups excluding carboxylic acids is 1. The lowest BCUT2D eigenvalue weighted by Crippen LogP contribution is -2.38. The molecule has 176 valence electrons. The predicted molar refractivity (Wildman–Crippen MR) is 133 cm³/mol. The Morgan fingerprint density at radius 2 is 2.06 bits per heavy atom. The Morgan fingerprint density at radius 3 is 2.88 bits per heavy atom. The molecule has 0 atom stereocenters. The van der Waals surface area contributed by atoms with Crippen LogP contribution in [0.3, 0.4) is 0 Å². The van der Waals surface area contributed by atoms with Crippen molar-refractivity contribution in [2.24, 2.45) is 0 Å². The van der Waals surface area contributed by atoms with Crippen molar-refractivity contribution in [1.82, 2.24) is 15.2 Å². The van der Waals surface area contributed by atoms with Crippen LogP contribution in [0.15, 0.2) is 47.8 Å². The largest absolute Gasteiger partial charge is 0.492 e. The van der Waals surface area contributed by atoms with Crippen molar-refractivity contribution < 1.29 is 18.7 Å². The summed E-state index contributed by atoms with van der Waals surface area (Å²) in [4.78, 5) is 19.5. The van der Waals surface area contributed by atoms with E-state index in [2.05, 4.69) is 15.5 Å². The Morgan fingerprint density at radius 1 is 1.21 bits per heavy atom. The Hall–Kier alpha value is -3.27. The lowest BCUT2D eigenvalue weighted by molar-refractivity contribution is 0.0322. The molecular weight excluding hydrogens is 455 g/mol. The number of hydrogen-bond donors (Lipinski definition) is 2. The number of morpholine rings is 1. The second kappa shape index (κ2) is 9.92. The fourth-order valence-corrected chi connectivity index (χ4v) is 5.00. The van der Waals surface area contributed by atoms with Crippen LogP contribution in [0.25, 0.3) is 21.0 Å². The topological polar surface area (TPSA) is 75.7 Å². The van der Waals surface area contributed by atoms with Crippen LogP contribution in [-0.2, 0) is 4.74 Å². The number of halogens is 1. The van der Waals surface area contributed by atoms with Crippen LogP contribution in [0, 0.1) is 5.82 Å². The number of fused-ring (bicyclic) bond motifs is 3. The van der Waals surface area contributed by atoms with E-state index in [4.69, 9.17) is 14.5 Å². The predicted octanol–water partition coefficient (Wildman–Crippen LogP) is 4.40. The summed E-state index contributed by atoms with van der Waals surface area (Å²) in [6.07, 6.45) is 0. The van der Waals surface area contributed by atoms with Gasteiger partial charge < -0.3 is 20.1 Å². The second-order valence-electron chi connectivity index (χ2n) is 7.97. The van der Waals surface area contributed by atoms with E-state index in [1.807, 2.05) is 23.6 Å². The zero-order chi connectivity index (χ0) is 23.5. The molecular formula is C25H25FN4O3S. The van der Waals surface area contributed by atoms with Crippen molar-refractivity contribution in [2.75, 3.05) is 51.8 Å². The number of thiophene rings is 1. The van der Waals surface area contributed by atoms with Crippen LogP contribution in [0.2, 0.25) is 0 Å². The summed E-state index contributed by atoms with van der Waals surface area (Å²) in [5.74, 6) is 0.433. The number of pyridine rings is 1. The number of nitrogens with zero attached hydrogens (tertiary/aromatic N) is 2. The van der Waals surface area contributed by atoms with Gasteiger partial charge in [-0.05, 0) is 29.6 Å². The van der Waals surface area contributed by atoms with Gasteiger partial charge in [0.15, 0.2) is 0 Å². The van der Waals surface area contributed by atoms with Gasteiger partial charge in [0, 0.05) is 48.2 Å². The Balaban J connectivity index is 1.43. The first-order valence-electron chi connectivity index (χ1n) is 11.2. The number of anilines is 2. The highest BCUT2D eigenvalue weighted by Crippen LogP contribution is 2.36. The van der Waals surface area contributed by atoms with Gasteiger partial charge in [-0.1, -0.05) is 12.1 Å². The summed E-state index contributed by atoms with van der Waals surface area (Å²) < 4.78 is 27.0. The number of benzene rings is 2. The van der Waals surface area contributed by atoms with Gasteiger partial charge >= 0.3 is 0 Å². The SMILES string of the molecule is CNC(=O)c1cccc2c1nc(Nc1cc(OCCN3CCOCC3)ccc1F)c1ccsc12. The first kappa shape index (κ1) is 22.5. The van der Waals surface area contributed by atoms with Gasteiger partial charge in [-0.3, -0.25) is 9.69 Å². The fourth-order valence-electron chi connectivity index (χ4n) is 4.07. The number of nitrogens with one attached hydrogen (secondary N) is 2. The summed E-state index contributed by atoms with van der Waals surface area (Å²) >= 11 is 1.56. The maximum Gasteiger partial charge on any atom is 0.253 e. The Labute approximate surface area is 200 Å². The normalized spacial score (nSPS) is 14.4. The first-order valence-corrected chi connectivity index (χ1v) is 12.0. The van der Waals surface area contributed by atoms with E-state index in [-0.39, 0.29) is 11.6 Å². The maximum absolute atomic E-state index is 14.7. The molecule has 0 spiro atoms. The van der Waals surface area contributed by atoms with Crippen molar-refractivity contribution in [3.63, 3.8) is 0 Å². The smallest absolute Gasteiger partial charge is 0.253 e. The summed E-state index contributed by atoms with van der Waals surface area (Å²) in [5.41, 5.74) is 1.30. The number of para-hydroxylation sites is 1. The molecule has 1 amide bonds. The van der Waals surface area contributed by atoms with Crippen LogP contribution in [0.5, 0.6) is 5.75 Å². The molecule has 1 fully saturated rings. The molecule has 0 unspecified atom stereocenters. The van der Waals surface area contributed by atoms with E-state index in [1.165, 1.54) is 6.07 Å². The van der Waals surface area contributed by atoms with Gasteiger partial charge in [0.1, 0.15) is 24.0 Å².